The minimum atomic E-state index is -0.461. The highest BCUT2D eigenvalue weighted by molar-refractivity contribution is 5.92. The lowest BCUT2D eigenvalue weighted by Crippen LogP contribution is -2.31. The number of rotatable bonds is 9. The lowest BCUT2D eigenvalue weighted by atomic mass is 9.84. The summed E-state index contributed by atoms with van der Waals surface area (Å²) in [5.41, 5.74) is 4.19. The summed E-state index contributed by atoms with van der Waals surface area (Å²) in [7, 11) is 0. The molecule has 1 fully saturated rings. The van der Waals surface area contributed by atoms with Crippen LogP contribution in [-0.2, 0) is 22.6 Å². The van der Waals surface area contributed by atoms with Crippen LogP contribution >= 0.6 is 0 Å². The maximum Gasteiger partial charge on any atom is 0.224 e. The zero-order chi connectivity index (χ0) is 28.2. The van der Waals surface area contributed by atoms with Gasteiger partial charge in [-0.1, -0.05) is 19.4 Å². The van der Waals surface area contributed by atoms with Gasteiger partial charge in [-0.05, 0) is 95.4 Å². The van der Waals surface area contributed by atoms with Gasteiger partial charge in [-0.2, -0.15) is 0 Å². The molecule has 2 unspecified atom stereocenters. The predicted molar refractivity (Wildman–Crippen MR) is 155 cm³/mol. The van der Waals surface area contributed by atoms with Crippen molar-refractivity contribution in [3.05, 3.63) is 53.7 Å². The van der Waals surface area contributed by atoms with Gasteiger partial charge in [-0.15, -0.1) is 0 Å². The molecule has 0 aliphatic carbocycles. The van der Waals surface area contributed by atoms with Gasteiger partial charge in [0.25, 0.3) is 0 Å². The number of hydrogen-bond acceptors (Lipinski definition) is 5. The van der Waals surface area contributed by atoms with Crippen LogP contribution in [0.15, 0.2) is 36.4 Å². The minimum Gasteiger partial charge on any atom is -0.327 e. The molecule has 1 aromatic carbocycles. The van der Waals surface area contributed by atoms with Crippen molar-refractivity contribution in [2.24, 2.45) is 11.8 Å². The number of anilines is 1. The van der Waals surface area contributed by atoms with Crippen molar-refractivity contribution in [3.8, 4) is 22.6 Å². The van der Waals surface area contributed by atoms with E-state index >= 15 is 0 Å². The van der Waals surface area contributed by atoms with E-state index in [0.717, 1.165) is 66.6 Å². The van der Waals surface area contributed by atoms with Crippen LogP contribution in [0.25, 0.3) is 22.6 Å². The van der Waals surface area contributed by atoms with Gasteiger partial charge in [0, 0.05) is 36.6 Å². The topological polar surface area (TPSA) is 80.1 Å². The summed E-state index contributed by atoms with van der Waals surface area (Å²) >= 11 is 0. The Bertz CT molecular complexity index is 1380. The summed E-state index contributed by atoms with van der Waals surface area (Å²) in [5, 5.41) is 2.82. The third-order valence-corrected chi connectivity index (χ3v) is 8.53. The average molecular weight is 546 g/mol. The summed E-state index contributed by atoms with van der Waals surface area (Å²) < 4.78 is 17.1. The molecule has 1 saturated heterocycles. The molecule has 40 heavy (non-hydrogen) atoms. The van der Waals surface area contributed by atoms with Crippen molar-refractivity contribution in [3.63, 3.8) is 0 Å². The lowest BCUT2D eigenvalue weighted by Gasteiger charge is -2.28. The van der Waals surface area contributed by atoms with E-state index < -0.39 is 5.82 Å². The molecule has 1 N–H and O–H groups in total. The number of halogens is 1. The van der Waals surface area contributed by atoms with Crippen molar-refractivity contribution >= 4 is 17.4 Å². The molecular formula is C32H40FN5O2. The third-order valence-electron chi connectivity index (χ3n) is 8.53. The molecule has 0 spiro atoms. The van der Waals surface area contributed by atoms with Crippen LogP contribution in [-0.4, -0.2) is 50.8 Å². The fourth-order valence-corrected chi connectivity index (χ4v) is 6.06. The maximum absolute atomic E-state index is 14.9. The Balaban J connectivity index is 1.42. The lowest BCUT2D eigenvalue weighted by molar-refractivity contribution is -0.122. The van der Waals surface area contributed by atoms with Crippen LogP contribution in [0, 0.1) is 24.6 Å². The number of pyridine rings is 1. The molecule has 7 nitrogen and oxygen atoms in total. The second-order valence-corrected chi connectivity index (χ2v) is 11.4. The molecule has 3 aromatic rings. The van der Waals surface area contributed by atoms with Crippen LogP contribution in [0.5, 0.6) is 0 Å². The van der Waals surface area contributed by atoms with Crippen LogP contribution < -0.4 is 5.32 Å². The number of hydrogen-bond donors (Lipinski definition) is 1. The SMILES string of the molecule is CC(=O)C(C)C1CCn2c(nc(-c3cccc(C)n3)c2-c2ccc(F)c(NC(=O)CCCN3CCCCC3)c2)C1. The normalized spacial score (nSPS) is 18.2. The molecule has 1 amide bonds. The summed E-state index contributed by atoms with van der Waals surface area (Å²) in [6, 6.07) is 10.7. The van der Waals surface area contributed by atoms with Crippen molar-refractivity contribution in [1.82, 2.24) is 19.4 Å². The minimum absolute atomic E-state index is 0.0306. The molecule has 2 aliphatic rings. The number of Topliss-reactive ketones (excluding diaryl/α,β-unsaturated/α-hetero) is 1. The van der Waals surface area contributed by atoms with E-state index in [1.54, 1.807) is 19.1 Å². The van der Waals surface area contributed by atoms with E-state index in [1.807, 2.05) is 32.0 Å². The second-order valence-electron chi connectivity index (χ2n) is 11.4. The summed E-state index contributed by atoms with van der Waals surface area (Å²) in [4.78, 5) is 37.0. The first-order valence-electron chi connectivity index (χ1n) is 14.7. The second kappa shape index (κ2) is 12.4. The molecule has 2 aliphatic heterocycles. The molecule has 0 saturated carbocycles. The quantitative estimate of drug-likeness (QED) is 0.354. The van der Waals surface area contributed by atoms with E-state index in [9.17, 15) is 14.0 Å². The third kappa shape index (κ3) is 6.33. The molecule has 5 rings (SSSR count). The number of carbonyl (C=O) groups excluding carboxylic acids is 2. The Morgan fingerprint density at radius 3 is 2.65 bits per heavy atom. The van der Waals surface area contributed by atoms with Gasteiger partial charge < -0.3 is 14.8 Å². The maximum atomic E-state index is 14.9. The number of fused-ring (bicyclic) bond motifs is 1. The summed E-state index contributed by atoms with van der Waals surface area (Å²) in [6.07, 6.45) is 6.40. The number of benzene rings is 1. The number of nitrogens with zero attached hydrogens (tertiary/aromatic N) is 4. The van der Waals surface area contributed by atoms with Crippen LogP contribution in [0.3, 0.4) is 0 Å². The molecular weight excluding hydrogens is 505 g/mol. The first-order valence-corrected chi connectivity index (χ1v) is 14.7. The van der Waals surface area contributed by atoms with Crippen molar-refractivity contribution < 1.29 is 14.0 Å². The number of amides is 1. The van der Waals surface area contributed by atoms with Gasteiger partial charge >= 0.3 is 0 Å². The van der Waals surface area contributed by atoms with Gasteiger partial charge in [-0.25, -0.2) is 9.37 Å². The molecule has 4 heterocycles. The van der Waals surface area contributed by atoms with E-state index in [4.69, 9.17) is 9.97 Å². The van der Waals surface area contributed by atoms with E-state index in [2.05, 4.69) is 14.8 Å². The van der Waals surface area contributed by atoms with Crippen LogP contribution in [0.2, 0.25) is 0 Å². The molecule has 212 valence electrons. The Hall–Kier alpha value is -3.39. The van der Waals surface area contributed by atoms with Gasteiger partial charge in [0.2, 0.25) is 5.91 Å². The fourth-order valence-electron chi connectivity index (χ4n) is 6.06. The largest absolute Gasteiger partial charge is 0.327 e. The van der Waals surface area contributed by atoms with Gasteiger partial charge in [0.05, 0.1) is 17.1 Å². The van der Waals surface area contributed by atoms with Gasteiger partial charge in [0.15, 0.2) is 0 Å². The first kappa shape index (κ1) is 28.1. The smallest absolute Gasteiger partial charge is 0.224 e. The summed E-state index contributed by atoms with van der Waals surface area (Å²) in [5.74, 6) is 0.664. The van der Waals surface area contributed by atoms with Crippen molar-refractivity contribution in [1.29, 1.82) is 0 Å². The number of likely N-dealkylation sites (tertiary alicyclic amines) is 1. The molecule has 2 aromatic heterocycles. The number of carbonyl (C=O) groups is 2. The predicted octanol–water partition coefficient (Wildman–Crippen LogP) is 6.05. The molecule has 0 radical (unpaired) electrons. The number of nitrogens with one attached hydrogen (secondary N) is 1. The Kier molecular flexibility index (Phi) is 8.74. The average Bonchev–Trinajstić information content (AvgIpc) is 3.33. The first-order chi connectivity index (χ1) is 19.3. The highest BCUT2D eigenvalue weighted by Crippen LogP contribution is 2.38. The van der Waals surface area contributed by atoms with E-state index in [1.165, 1.54) is 25.3 Å². The molecule has 2 atom stereocenters. The van der Waals surface area contributed by atoms with E-state index in [0.29, 0.717) is 19.4 Å². The monoisotopic (exact) mass is 545 g/mol. The number of aromatic nitrogens is 3. The number of aryl methyl sites for hydroxylation is 1. The highest BCUT2D eigenvalue weighted by Gasteiger charge is 2.31. The Morgan fingerprint density at radius 1 is 1.10 bits per heavy atom. The zero-order valence-electron chi connectivity index (χ0n) is 23.9. The Morgan fingerprint density at radius 2 is 1.90 bits per heavy atom. The van der Waals surface area contributed by atoms with Gasteiger partial charge in [0.1, 0.15) is 23.1 Å². The van der Waals surface area contributed by atoms with Gasteiger partial charge in [-0.3, -0.25) is 14.6 Å². The highest BCUT2D eigenvalue weighted by atomic mass is 19.1. The summed E-state index contributed by atoms with van der Waals surface area (Å²) in [6.45, 7) is 9.40. The number of ketones is 1. The standard InChI is InChI=1S/C32H40FN5O2/c1-21-9-7-10-27(34-21)31-32(38-18-14-24(20-29(38)36-31)22(2)23(3)39)25-12-13-26(33)28(19-25)35-30(40)11-8-17-37-15-5-4-6-16-37/h7,9-10,12-13,19,22,24H,4-6,8,11,14-18,20H2,1-3H3,(H,35,40). The van der Waals surface area contributed by atoms with E-state index in [-0.39, 0.29) is 29.2 Å². The van der Waals surface area contributed by atoms with Crippen LogP contribution in [0.4, 0.5) is 10.1 Å². The number of piperidine rings is 1. The zero-order valence-corrected chi connectivity index (χ0v) is 23.9. The molecule has 8 heteroatoms. The van der Waals surface area contributed by atoms with Crippen molar-refractivity contribution in [2.75, 3.05) is 25.0 Å². The number of imidazole rings is 1. The fraction of sp³-hybridized carbons (Fsp3) is 0.500. The Labute approximate surface area is 236 Å². The van der Waals surface area contributed by atoms with Crippen LogP contribution in [0.1, 0.15) is 63.9 Å². The molecule has 0 bridgehead atoms. The van der Waals surface area contributed by atoms with Crippen molar-refractivity contribution in [2.45, 2.75) is 72.3 Å².